The molecule has 30 heavy (non-hydrogen) atoms. The molecule has 0 spiro atoms. The zero-order valence-corrected chi connectivity index (χ0v) is 17.2. The highest BCUT2D eigenvalue weighted by Crippen LogP contribution is 2.40. The number of aryl methyl sites for hydroxylation is 2. The number of urea groups is 1. The van der Waals surface area contributed by atoms with Gasteiger partial charge in [0.15, 0.2) is 0 Å². The van der Waals surface area contributed by atoms with E-state index in [1.807, 2.05) is 31.5 Å². The first-order chi connectivity index (χ1) is 14.5. The van der Waals surface area contributed by atoms with E-state index in [2.05, 4.69) is 39.3 Å². The molecular weight excluding hydrogens is 378 g/mol. The van der Waals surface area contributed by atoms with Crippen molar-refractivity contribution in [2.24, 2.45) is 5.73 Å². The number of carbonyl (C=O) groups excluding carboxylic acids is 1. The van der Waals surface area contributed by atoms with Gasteiger partial charge in [0.25, 0.3) is 0 Å². The van der Waals surface area contributed by atoms with E-state index >= 15 is 0 Å². The topological polar surface area (TPSA) is 100 Å². The van der Waals surface area contributed by atoms with Crippen molar-refractivity contribution in [2.45, 2.75) is 38.3 Å². The minimum absolute atomic E-state index is 0.0747. The monoisotopic (exact) mass is 403 g/mol. The molecule has 1 unspecified atom stereocenters. The van der Waals surface area contributed by atoms with Crippen molar-refractivity contribution < 1.29 is 4.79 Å². The summed E-state index contributed by atoms with van der Waals surface area (Å²) >= 11 is 0. The summed E-state index contributed by atoms with van der Waals surface area (Å²) < 4.78 is 0. The predicted molar refractivity (Wildman–Crippen MR) is 112 cm³/mol. The van der Waals surface area contributed by atoms with Crippen molar-refractivity contribution in [3.05, 3.63) is 77.0 Å². The van der Waals surface area contributed by atoms with Gasteiger partial charge in [0.05, 0.1) is 29.3 Å². The van der Waals surface area contributed by atoms with Crippen LogP contribution in [0.3, 0.4) is 0 Å². The maximum atomic E-state index is 12.4. The second kappa shape index (κ2) is 6.83. The van der Waals surface area contributed by atoms with E-state index in [1.165, 1.54) is 0 Å². The number of nitrogens with zero attached hydrogens (tertiary/aromatic N) is 5. The molecule has 3 N–H and O–H groups in total. The number of allylic oxidation sites excluding steroid dienone is 1. The lowest BCUT2D eigenvalue weighted by Gasteiger charge is -2.45. The van der Waals surface area contributed by atoms with Crippen molar-refractivity contribution in [1.82, 2.24) is 30.1 Å². The molecule has 3 aliphatic rings. The van der Waals surface area contributed by atoms with Crippen LogP contribution < -0.4 is 11.1 Å². The third-order valence-electron chi connectivity index (χ3n) is 6.22. The van der Waals surface area contributed by atoms with Crippen LogP contribution in [0.25, 0.3) is 0 Å². The van der Waals surface area contributed by atoms with Crippen molar-refractivity contribution in [1.29, 1.82) is 0 Å². The highest BCUT2D eigenvalue weighted by Gasteiger charge is 2.46. The summed E-state index contributed by atoms with van der Waals surface area (Å²) in [6, 6.07) is 3.64. The molecule has 2 bridgehead atoms. The molecule has 8 nitrogen and oxygen atoms in total. The Labute approximate surface area is 175 Å². The normalized spacial score (nSPS) is 24.7. The fourth-order valence-electron chi connectivity index (χ4n) is 4.66. The molecule has 8 heteroatoms. The first-order valence-corrected chi connectivity index (χ1v) is 10.3. The molecule has 5 rings (SSSR count). The van der Waals surface area contributed by atoms with Crippen LogP contribution in [0.4, 0.5) is 4.79 Å². The molecule has 1 fully saturated rings. The summed E-state index contributed by atoms with van der Waals surface area (Å²) in [6.45, 7) is 5.73. The van der Waals surface area contributed by atoms with Crippen LogP contribution >= 0.6 is 0 Å². The van der Waals surface area contributed by atoms with Crippen LogP contribution in [0.15, 0.2) is 54.4 Å². The summed E-state index contributed by atoms with van der Waals surface area (Å²) in [4.78, 5) is 30.1. The number of primary amides is 1. The Hall–Kier alpha value is -3.42. The number of fused-ring (bicyclic) bond motifs is 3. The fourth-order valence-corrected chi connectivity index (χ4v) is 4.66. The largest absolute Gasteiger partial charge is 0.366 e. The standard InChI is InChI=1S/C22H25N7O/c1-3-16-11-26-19(12-25-16)22(15-5-8-24-14(2)10-15)7-4-18-20(27-22)29(21(23)30)17-6-9-28(18)13-17/h4-5,7-8,10-12,17,27H,3,6,9,13H2,1-2H3,(H2,23,30)/t17-,22?/m0/s1. The lowest BCUT2D eigenvalue weighted by molar-refractivity contribution is 0.181. The van der Waals surface area contributed by atoms with Gasteiger partial charge in [-0.25, -0.2) is 4.79 Å². The molecule has 2 aromatic rings. The zero-order valence-electron chi connectivity index (χ0n) is 17.2. The summed E-state index contributed by atoms with van der Waals surface area (Å²) in [6.07, 6.45) is 11.3. The summed E-state index contributed by atoms with van der Waals surface area (Å²) in [5.41, 5.74) is 9.59. The molecule has 3 aliphatic heterocycles. The molecular formula is C22H25N7O. The Morgan fingerprint density at radius 3 is 2.90 bits per heavy atom. The van der Waals surface area contributed by atoms with Gasteiger partial charge in [0.2, 0.25) is 0 Å². The number of hydrogen-bond donors (Lipinski definition) is 2. The smallest absolute Gasteiger partial charge is 0.320 e. The maximum Gasteiger partial charge on any atom is 0.320 e. The van der Waals surface area contributed by atoms with E-state index in [-0.39, 0.29) is 6.04 Å². The van der Waals surface area contributed by atoms with E-state index in [0.29, 0.717) is 0 Å². The summed E-state index contributed by atoms with van der Waals surface area (Å²) in [5, 5.41) is 3.64. The molecule has 2 aromatic heterocycles. The average molecular weight is 403 g/mol. The molecule has 0 radical (unpaired) electrons. The average Bonchev–Trinajstić information content (AvgIpc) is 3.17. The molecule has 2 atom stereocenters. The summed E-state index contributed by atoms with van der Waals surface area (Å²) in [5.74, 6) is 0.731. The number of nitrogens with two attached hydrogens (primary N) is 1. The first-order valence-electron chi connectivity index (χ1n) is 10.3. The number of carbonyl (C=O) groups is 1. The van der Waals surface area contributed by atoms with Crippen LogP contribution in [0.2, 0.25) is 0 Å². The van der Waals surface area contributed by atoms with E-state index in [4.69, 9.17) is 10.7 Å². The molecule has 154 valence electrons. The van der Waals surface area contributed by atoms with Gasteiger partial charge in [0, 0.05) is 31.2 Å². The second-order valence-electron chi connectivity index (χ2n) is 8.03. The second-order valence-corrected chi connectivity index (χ2v) is 8.03. The van der Waals surface area contributed by atoms with Gasteiger partial charge >= 0.3 is 6.03 Å². The Kier molecular flexibility index (Phi) is 4.23. The van der Waals surface area contributed by atoms with E-state index in [9.17, 15) is 4.79 Å². The predicted octanol–water partition coefficient (Wildman–Crippen LogP) is 1.78. The Balaban J connectivity index is 1.67. The van der Waals surface area contributed by atoms with Crippen LogP contribution in [0.5, 0.6) is 0 Å². The van der Waals surface area contributed by atoms with E-state index in [0.717, 1.165) is 60.1 Å². The van der Waals surface area contributed by atoms with Gasteiger partial charge in [-0.15, -0.1) is 0 Å². The number of rotatable bonds is 3. The molecule has 0 aliphatic carbocycles. The van der Waals surface area contributed by atoms with Crippen LogP contribution in [-0.4, -0.2) is 49.9 Å². The molecule has 5 heterocycles. The fraction of sp³-hybridized carbons (Fsp3) is 0.364. The minimum Gasteiger partial charge on any atom is -0.366 e. The Morgan fingerprint density at radius 2 is 2.20 bits per heavy atom. The number of nitrogens with one attached hydrogen (secondary N) is 1. The van der Waals surface area contributed by atoms with Crippen molar-refractivity contribution in [3.63, 3.8) is 0 Å². The molecule has 0 aromatic carbocycles. The van der Waals surface area contributed by atoms with Gasteiger partial charge < -0.3 is 16.0 Å². The highest BCUT2D eigenvalue weighted by molar-refractivity contribution is 5.75. The van der Waals surface area contributed by atoms with E-state index < -0.39 is 11.6 Å². The molecule has 2 amide bonds. The number of amides is 2. The lowest BCUT2D eigenvalue weighted by atomic mass is 9.84. The maximum absolute atomic E-state index is 12.4. The summed E-state index contributed by atoms with van der Waals surface area (Å²) in [7, 11) is 0. The van der Waals surface area contributed by atoms with Crippen molar-refractivity contribution >= 4 is 6.03 Å². The first kappa shape index (κ1) is 18.6. The number of pyridine rings is 1. The SMILES string of the molecule is CCc1cnc(C2(c3ccnc(C)c3)C=CC3=C(N2)N(C(N)=O)[C@H]2CCN3C2)cn1. The quantitative estimate of drug-likeness (QED) is 0.810. The highest BCUT2D eigenvalue weighted by atomic mass is 16.2. The van der Waals surface area contributed by atoms with Gasteiger partial charge in [-0.1, -0.05) is 6.92 Å². The third-order valence-corrected chi connectivity index (χ3v) is 6.22. The number of dihydropyridines is 1. The Morgan fingerprint density at radius 1 is 1.33 bits per heavy atom. The van der Waals surface area contributed by atoms with Gasteiger partial charge in [-0.3, -0.25) is 19.9 Å². The molecule has 0 saturated carbocycles. The van der Waals surface area contributed by atoms with Crippen molar-refractivity contribution in [2.75, 3.05) is 13.1 Å². The number of hydrogen-bond acceptors (Lipinski definition) is 6. The van der Waals surface area contributed by atoms with Crippen LogP contribution in [-0.2, 0) is 12.0 Å². The van der Waals surface area contributed by atoms with Crippen LogP contribution in [0, 0.1) is 6.92 Å². The van der Waals surface area contributed by atoms with Gasteiger partial charge in [-0.2, -0.15) is 0 Å². The number of aromatic nitrogens is 3. The van der Waals surface area contributed by atoms with Crippen molar-refractivity contribution in [3.8, 4) is 0 Å². The zero-order chi connectivity index (χ0) is 20.9. The lowest BCUT2D eigenvalue weighted by Crippen LogP contribution is -2.57. The van der Waals surface area contributed by atoms with Crippen LogP contribution in [0.1, 0.15) is 36.0 Å². The third kappa shape index (κ3) is 2.74. The van der Waals surface area contributed by atoms with E-state index in [1.54, 1.807) is 11.1 Å². The van der Waals surface area contributed by atoms with Gasteiger partial charge in [0.1, 0.15) is 11.4 Å². The minimum atomic E-state index is -0.780. The molecule has 1 saturated heterocycles. The van der Waals surface area contributed by atoms with Gasteiger partial charge in [-0.05, 0) is 49.6 Å². The Bertz CT molecular complexity index is 1060.